The van der Waals surface area contributed by atoms with Crippen LogP contribution < -0.4 is 0 Å². The highest BCUT2D eigenvalue weighted by molar-refractivity contribution is 5.73. The minimum absolute atomic E-state index is 0.161. The maximum absolute atomic E-state index is 15.0. The number of allylic oxidation sites excluding steroid dienone is 1. The van der Waals surface area contributed by atoms with E-state index >= 15 is 4.39 Å². The van der Waals surface area contributed by atoms with E-state index in [9.17, 15) is 18.0 Å². The maximum atomic E-state index is 15.0. The first-order valence-corrected chi connectivity index (χ1v) is 14.6. The van der Waals surface area contributed by atoms with E-state index in [2.05, 4.69) is 6.92 Å². The summed E-state index contributed by atoms with van der Waals surface area (Å²) < 4.78 is 64.7. The number of esters is 1. The second-order valence-electron chi connectivity index (χ2n) is 11.6. The molecule has 0 amide bonds. The van der Waals surface area contributed by atoms with Crippen molar-refractivity contribution in [3.05, 3.63) is 46.5 Å². The molecule has 0 spiro atoms. The standard InChI is InChI=1S/C31H42F4O2/c1-3-5-6-22-15-16-24(28(33)27(22)32)21-11-13-23(14-12-21)31(36)37-26-18-17-25(29(34)30(26)35)20-9-7-19(4-2)8-10-20/h15-16,19-21,23,25-26H,3-14,17-18H2,1-2H3. The summed E-state index contributed by atoms with van der Waals surface area (Å²) in [5.41, 5.74) is 0.776. The fraction of sp³-hybridized carbons (Fsp3) is 0.710. The molecule has 2 saturated carbocycles. The number of halogens is 4. The molecule has 0 heterocycles. The highest BCUT2D eigenvalue weighted by atomic mass is 19.2. The lowest BCUT2D eigenvalue weighted by Crippen LogP contribution is -2.33. The molecule has 0 N–H and O–H groups in total. The van der Waals surface area contributed by atoms with Crippen molar-refractivity contribution in [1.29, 1.82) is 0 Å². The average Bonchev–Trinajstić information content (AvgIpc) is 2.92. The van der Waals surface area contributed by atoms with Crippen LogP contribution in [0, 0.1) is 35.3 Å². The molecule has 2 atom stereocenters. The van der Waals surface area contributed by atoms with Gasteiger partial charge in [-0.05, 0) is 93.1 Å². The van der Waals surface area contributed by atoms with Gasteiger partial charge in [0.2, 0.25) is 0 Å². The number of benzene rings is 1. The molecule has 6 heteroatoms. The SMILES string of the molecule is CCCCc1ccc(C2CCC(C(=O)OC3CCC(C4CCC(CC)CC4)C(F)=C3F)CC2)c(F)c1F. The van der Waals surface area contributed by atoms with E-state index in [1.165, 1.54) is 0 Å². The van der Waals surface area contributed by atoms with E-state index in [-0.39, 0.29) is 11.8 Å². The smallest absolute Gasteiger partial charge is 0.309 e. The third-order valence-electron chi connectivity index (χ3n) is 9.36. The third-order valence-corrected chi connectivity index (χ3v) is 9.36. The molecule has 2 fully saturated rings. The number of carbonyl (C=O) groups is 1. The zero-order valence-electron chi connectivity index (χ0n) is 22.3. The zero-order valence-corrected chi connectivity index (χ0v) is 22.3. The van der Waals surface area contributed by atoms with Gasteiger partial charge in [-0.2, -0.15) is 0 Å². The molecule has 1 aromatic carbocycles. The van der Waals surface area contributed by atoms with E-state index in [1.807, 2.05) is 6.92 Å². The third kappa shape index (κ3) is 6.42. The van der Waals surface area contributed by atoms with Crippen LogP contribution in [0.5, 0.6) is 0 Å². The summed E-state index contributed by atoms with van der Waals surface area (Å²) >= 11 is 0. The van der Waals surface area contributed by atoms with E-state index < -0.39 is 47.2 Å². The minimum atomic E-state index is -1.14. The van der Waals surface area contributed by atoms with Gasteiger partial charge in [-0.3, -0.25) is 4.79 Å². The van der Waals surface area contributed by atoms with Gasteiger partial charge in [0.25, 0.3) is 0 Å². The summed E-state index contributed by atoms with van der Waals surface area (Å²) in [7, 11) is 0. The van der Waals surface area contributed by atoms with Crippen LogP contribution in [-0.2, 0) is 16.0 Å². The Morgan fingerprint density at radius 3 is 2.19 bits per heavy atom. The predicted molar refractivity (Wildman–Crippen MR) is 137 cm³/mol. The lowest BCUT2D eigenvalue weighted by atomic mass is 9.71. The molecule has 37 heavy (non-hydrogen) atoms. The minimum Gasteiger partial charge on any atom is -0.455 e. The molecule has 2 unspecified atom stereocenters. The first kappa shape index (κ1) is 28.2. The van der Waals surface area contributed by atoms with E-state index in [0.717, 1.165) is 44.9 Å². The molecule has 2 nitrogen and oxygen atoms in total. The van der Waals surface area contributed by atoms with Crippen molar-refractivity contribution in [2.45, 2.75) is 116 Å². The largest absolute Gasteiger partial charge is 0.455 e. The highest BCUT2D eigenvalue weighted by Crippen LogP contribution is 2.45. The zero-order chi connectivity index (χ0) is 26.5. The highest BCUT2D eigenvalue weighted by Gasteiger charge is 2.40. The molecular formula is C31H42F4O2. The van der Waals surface area contributed by atoms with Crippen LogP contribution in [0.2, 0.25) is 0 Å². The maximum Gasteiger partial charge on any atom is 0.309 e. The molecule has 0 radical (unpaired) electrons. The Morgan fingerprint density at radius 1 is 0.838 bits per heavy atom. The van der Waals surface area contributed by atoms with E-state index in [1.54, 1.807) is 12.1 Å². The van der Waals surface area contributed by atoms with Gasteiger partial charge in [-0.1, -0.05) is 51.7 Å². The summed E-state index contributed by atoms with van der Waals surface area (Å²) in [4.78, 5) is 12.8. The van der Waals surface area contributed by atoms with Gasteiger partial charge in [0.15, 0.2) is 23.6 Å². The van der Waals surface area contributed by atoms with Crippen LogP contribution in [0.15, 0.2) is 23.8 Å². The van der Waals surface area contributed by atoms with Crippen molar-refractivity contribution in [1.82, 2.24) is 0 Å². The Morgan fingerprint density at radius 2 is 1.54 bits per heavy atom. The van der Waals surface area contributed by atoms with E-state index in [0.29, 0.717) is 62.0 Å². The molecule has 4 rings (SSSR count). The van der Waals surface area contributed by atoms with Crippen LogP contribution in [0.25, 0.3) is 0 Å². The van der Waals surface area contributed by atoms with Gasteiger partial charge in [0, 0.05) is 5.92 Å². The number of hydrogen-bond acceptors (Lipinski definition) is 2. The quantitative estimate of drug-likeness (QED) is 0.251. The number of ether oxygens (including phenoxy) is 1. The number of hydrogen-bond donors (Lipinski definition) is 0. The number of unbranched alkanes of at least 4 members (excludes halogenated alkanes) is 1. The Kier molecular flexibility index (Phi) is 9.74. The van der Waals surface area contributed by atoms with Crippen molar-refractivity contribution in [3.8, 4) is 0 Å². The van der Waals surface area contributed by atoms with Crippen molar-refractivity contribution in [3.63, 3.8) is 0 Å². The molecule has 0 bridgehead atoms. The summed E-state index contributed by atoms with van der Waals surface area (Å²) in [6.45, 7) is 4.19. The molecular weight excluding hydrogens is 480 g/mol. The van der Waals surface area contributed by atoms with Gasteiger partial charge in [0.05, 0.1) is 5.92 Å². The van der Waals surface area contributed by atoms with Crippen LogP contribution in [-0.4, -0.2) is 12.1 Å². The second kappa shape index (κ2) is 12.8. The van der Waals surface area contributed by atoms with Crippen LogP contribution in [0.4, 0.5) is 17.6 Å². The normalized spacial score (nSPS) is 30.9. The Bertz CT molecular complexity index is 958. The molecule has 0 saturated heterocycles. The molecule has 0 aliphatic heterocycles. The van der Waals surface area contributed by atoms with Gasteiger partial charge in [-0.15, -0.1) is 0 Å². The summed E-state index contributed by atoms with van der Waals surface area (Å²) in [5, 5.41) is 0. The fourth-order valence-electron chi connectivity index (χ4n) is 6.82. The van der Waals surface area contributed by atoms with Gasteiger partial charge >= 0.3 is 5.97 Å². The lowest BCUT2D eigenvalue weighted by Gasteiger charge is -2.36. The second-order valence-corrected chi connectivity index (χ2v) is 11.6. The Labute approximate surface area is 219 Å². The van der Waals surface area contributed by atoms with Crippen molar-refractivity contribution < 1.29 is 27.1 Å². The first-order chi connectivity index (χ1) is 17.8. The topological polar surface area (TPSA) is 26.3 Å². The molecule has 1 aromatic rings. The number of aryl methyl sites for hydroxylation is 1. The Hall–Kier alpha value is -1.85. The van der Waals surface area contributed by atoms with Crippen LogP contribution >= 0.6 is 0 Å². The van der Waals surface area contributed by atoms with Crippen molar-refractivity contribution >= 4 is 5.97 Å². The van der Waals surface area contributed by atoms with Gasteiger partial charge < -0.3 is 4.74 Å². The first-order valence-electron chi connectivity index (χ1n) is 14.6. The van der Waals surface area contributed by atoms with E-state index in [4.69, 9.17) is 4.74 Å². The summed E-state index contributed by atoms with van der Waals surface area (Å²) in [6, 6.07) is 3.36. The average molecular weight is 523 g/mol. The van der Waals surface area contributed by atoms with Gasteiger partial charge in [-0.25, -0.2) is 17.6 Å². The molecule has 0 aromatic heterocycles. The number of rotatable bonds is 8. The molecule has 206 valence electrons. The monoisotopic (exact) mass is 522 g/mol. The molecule has 3 aliphatic rings. The fourth-order valence-corrected chi connectivity index (χ4v) is 6.82. The van der Waals surface area contributed by atoms with Crippen molar-refractivity contribution in [2.24, 2.45) is 23.7 Å². The number of carbonyl (C=O) groups excluding carboxylic acids is 1. The lowest BCUT2D eigenvalue weighted by molar-refractivity contribution is -0.155. The summed E-state index contributed by atoms with van der Waals surface area (Å²) in [5.74, 6) is -3.77. The predicted octanol–water partition coefficient (Wildman–Crippen LogP) is 9.27. The van der Waals surface area contributed by atoms with Crippen molar-refractivity contribution in [2.75, 3.05) is 0 Å². The van der Waals surface area contributed by atoms with Crippen LogP contribution in [0.3, 0.4) is 0 Å². The van der Waals surface area contributed by atoms with Gasteiger partial charge in [0.1, 0.15) is 5.83 Å². The Balaban J connectivity index is 1.30. The summed E-state index contributed by atoms with van der Waals surface area (Å²) in [6.07, 6.45) is 9.07. The molecule has 3 aliphatic carbocycles. The van der Waals surface area contributed by atoms with Crippen LogP contribution in [0.1, 0.15) is 114 Å².